The van der Waals surface area contributed by atoms with E-state index in [1.54, 1.807) is 0 Å². The largest absolute Gasteiger partial charge is 0.229 e. The first-order valence-corrected chi connectivity index (χ1v) is 7.47. The number of rotatable bonds is 0. The summed E-state index contributed by atoms with van der Waals surface area (Å²) in [6, 6.07) is 0. The maximum absolute atomic E-state index is 11.9. The summed E-state index contributed by atoms with van der Waals surface area (Å²) in [5.41, 5.74) is -0.113. The van der Waals surface area contributed by atoms with E-state index in [1.165, 1.54) is 12.8 Å². The van der Waals surface area contributed by atoms with Crippen LogP contribution < -0.4 is 0 Å². The number of hydrogen-bond acceptors (Lipinski definition) is 2. The van der Waals surface area contributed by atoms with Gasteiger partial charge in [0.2, 0.25) is 0 Å². The fourth-order valence-electron chi connectivity index (χ4n) is 3.72. The maximum Gasteiger partial charge on any atom is 0.152 e. The van der Waals surface area contributed by atoms with Gasteiger partial charge in [-0.25, -0.2) is 8.42 Å². The van der Waals surface area contributed by atoms with Crippen molar-refractivity contribution >= 4 is 9.84 Å². The van der Waals surface area contributed by atoms with Gasteiger partial charge in [-0.15, -0.1) is 0 Å². The van der Waals surface area contributed by atoms with Gasteiger partial charge in [0.05, 0.1) is 11.5 Å². The maximum atomic E-state index is 11.9. The topological polar surface area (TPSA) is 34.1 Å². The average molecular weight is 224 g/mol. The van der Waals surface area contributed by atoms with Crippen LogP contribution in [0.4, 0.5) is 0 Å². The predicted octanol–water partition coefficient (Wildman–Crippen LogP) is 2.09. The Labute approximate surface area is 91.0 Å². The van der Waals surface area contributed by atoms with Crippen LogP contribution in [-0.2, 0) is 9.84 Å². The lowest BCUT2D eigenvalue weighted by molar-refractivity contribution is 0.131. The highest BCUT2D eigenvalue weighted by molar-refractivity contribution is 7.91. The van der Waals surface area contributed by atoms with Crippen molar-refractivity contribution in [2.24, 2.45) is 10.8 Å². The third-order valence-corrected chi connectivity index (χ3v) is 6.29. The molecule has 15 heavy (non-hydrogen) atoms. The van der Waals surface area contributed by atoms with Crippen LogP contribution in [0.3, 0.4) is 0 Å². The van der Waals surface area contributed by atoms with E-state index in [1.807, 2.05) is 12.2 Å². The van der Waals surface area contributed by atoms with E-state index in [0.29, 0.717) is 11.5 Å². The van der Waals surface area contributed by atoms with Gasteiger partial charge in [0.15, 0.2) is 9.84 Å². The molecule has 0 aromatic carbocycles. The van der Waals surface area contributed by atoms with Crippen molar-refractivity contribution in [1.29, 1.82) is 0 Å². The van der Waals surface area contributed by atoms with E-state index in [2.05, 4.69) is 12.2 Å². The molecule has 82 valence electrons. The first-order valence-electron chi connectivity index (χ1n) is 5.65. The fraction of sp³-hybridized carbons (Fsp3) is 0.667. The van der Waals surface area contributed by atoms with Gasteiger partial charge in [0.1, 0.15) is 0 Å². The summed E-state index contributed by atoms with van der Waals surface area (Å²) >= 11 is 0. The Morgan fingerprint density at radius 3 is 1.80 bits per heavy atom. The van der Waals surface area contributed by atoms with Crippen LogP contribution in [0.1, 0.15) is 25.7 Å². The highest BCUT2D eigenvalue weighted by Crippen LogP contribution is 2.59. The minimum atomic E-state index is -2.83. The van der Waals surface area contributed by atoms with Gasteiger partial charge in [-0.2, -0.15) is 0 Å². The van der Waals surface area contributed by atoms with Gasteiger partial charge in [0.25, 0.3) is 0 Å². The van der Waals surface area contributed by atoms with Crippen molar-refractivity contribution in [2.75, 3.05) is 11.5 Å². The average Bonchev–Trinajstić information content (AvgIpc) is 2.42. The zero-order valence-corrected chi connectivity index (χ0v) is 9.59. The molecule has 0 amide bonds. The predicted molar refractivity (Wildman–Crippen MR) is 60.3 cm³/mol. The van der Waals surface area contributed by atoms with Gasteiger partial charge < -0.3 is 0 Å². The molecule has 0 radical (unpaired) electrons. The molecule has 2 aliphatic carbocycles. The van der Waals surface area contributed by atoms with Crippen LogP contribution in [0.2, 0.25) is 0 Å². The van der Waals surface area contributed by atoms with E-state index in [4.69, 9.17) is 0 Å². The van der Waals surface area contributed by atoms with Crippen molar-refractivity contribution < 1.29 is 8.42 Å². The van der Waals surface area contributed by atoms with Crippen molar-refractivity contribution in [1.82, 2.24) is 0 Å². The molecule has 1 aliphatic heterocycles. The van der Waals surface area contributed by atoms with Crippen molar-refractivity contribution in [3.63, 3.8) is 0 Å². The van der Waals surface area contributed by atoms with Crippen molar-refractivity contribution in [3.05, 3.63) is 24.3 Å². The van der Waals surface area contributed by atoms with Crippen molar-refractivity contribution in [3.8, 4) is 0 Å². The lowest BCUT2D eigenvalue weighted by Crippen LogP contribution is -2.42. The summed E-state index contributed by atoms with van der Waals surface area (Å²) in [7, 11) is -2.83. The van der Waals surface area contributed by atoms with Crippen LogP contribution in [-0.4, -0.2) is 19.9 Å². The molecule has 2 unspecified atom stereocenters. The van der Waals surface area contributed by atoms with E-state index >= 15 is 0 Å². The first kappa shape index (κ1) is 9.64. The summed E-state index contributed by atoms with van der Waals surface area (Å²) in [5.74, 6) is 0.752. The Kier molecular flexibility index (Phi) is 1.77. The standard InChI is InChI=1S/C12H16O2S/c13-15(14)9-11-5-1-2-6-12(11,10-15)8-4-3-7-11/h1-2,5-6H,3-4,7-10H2. The number of hydrogen-bond donors (Lipinski definition) is 0. The summed E-state index contributed by atoms with van der Waals surface area (Å²) < 4.78 is 23.8. The third-order valence-electron chi connectivity index (χ3n) is 4.38. The smallest absolute Gasteiger partial charge is 0.152 e. The van der Waals surface area contributed by atoms with E-state index in [0.717, 1.165) is 12.8 Å². The molecule has 2 fully saturated rings. The molecule has 1 saturated carbocycles. The van der Waals surface area contributed by atoms with E-state index in [-0.39, 0.29) is 10.8 Å². The Hall–Kier alpha value is -0.570. The summed E-state index contributed by atoms with van der Waals surface area (Å²) in [4.78, 5) is 0. The number of allylic oxidation sites excluding steroid dienone is 4. The molecule has 0 spiro atoms. The van der Waals surface area contributed by atoms with Crippen LogP contribution in [0.5, 0.6) is 0 Å². The molecule has 3 aliphatic rings. The van der Waals surface area contributed by atoms with Gasteiger partial charge >= 0.3 is 0 Å². The van der Waals surface area contributed by atoms with Gasteiger partial charge in [-0.1, -0.05) is 37.1 Å². The molecule has 0 aromatic rings. The van der Waals surface area contributed by atoms with Crippen LogP contribution in [0.15, 0.2) is 24.3 Å². The van der Waals surface area contributed by atoms with E-state index in [9.17, 15) is 8.42 Å². The van der Waals surface area contributed by atoms with Crippen LogP contribution in [0, 0.1) is 10.8 Å². The first-order chi connectivity index (χ1) is 7.08. The molecular formula is C12H16O2S. The monoisotopic (exact) mass is 224 g/mol. The second kappa shape index (κ2) is 2.76. The van der Waals surface area contributed by atoms with Crippen molar-refractivity contribution in [2.45, 2.75) is 25.7 Å². The minimum absolute atomic E-state index is 0.0567. The zero-order valence-electron chi connectivity index (χ0n) is 8.78. The SMILES string of the molecule is O=S1(=O)CC23C=CC=CC2(CCCC3)C1. The normalized spacial score (nSPS) is 46.1. The number of sulfone groups is 1. The quantitative estimate of drug-likeness (QED) is 0.631. The molecule has 2 atom stereocenters. The molecule has 3 rings (SSSR count). The molecule has 1 saturated heterocycles. The summed E-state index contributed by atoms with van der Waals surface area (Å²) in [6.07, 6.45) is 12.8. The Morgan fingerprint density at radius 2 is 1.33 bits per heavy atom. The molecule has 0 aromatic heterocycles. The molecule has 2 nitrogen and oxygen atoms in total. The summed E-state index contributed by atoms with van der Waals surface area (Å²) in [5, 5.41) is 0. The highest BCUT2D eigenvalue weighted by Gasteiger charge is 2.59. The van der Waals surface area contributed by atoms with Gasteiger partial charge in [-0.05, 0) is 12.8 Å². The van der Waals surface area contributed by atoms with Crippen LogP contribution >= 0.6 is 0 Å². The molecular weight excluding hydrogens is 208 g/mol. The second-order valence-electron chi connectivity index (χ2n) is 5.27. The molecule has 0 N–H and O–H groups in total. The van der Waals surface area contributed by atoms with Crippen LogP contribution in [0.25, 0.3) is 0 Å². The Balaban J connectivity index is 2.17. The van der Waals surface area contributed by atoms with Gasteiger partial charge in [0, 0.05) is 10.8 Å². The summed E-state index contributed by atoms with van der Waals surface area (Å²) in [6.45, 7) is 0. The lowest BCUT2D eigenvalue weighted by atomic mass is 9.56. The van der Waals surface area contributed by atoms with Gasteiger partial charge in [-0.3, -0.25) is 0 Å². The molecule has 0 bridgehead atoms. The van der Waals surface area contributed by atoms with E-state index < -0.39 is 9.84 Å². The third kappa shape index (κ3) is 1.19. The lowest BCUT2D eigenvalue weighted by Gasteiger charge is -2.46. The fourth-order valence-corrected chi connectivity index (χ4v) is 6.45. The Morgan fingerprint density at radius 1 is 0.867 bits per heavy atom. The Bertz CT molecular complexity index is 410. The zero-order chi connectivity index (χ0) is 10.6. The molecule has 1 heterocycles. The minimum Gasteiger partial charge on any atom is -0.229 e. The molecule has 3 heteroatoms. The highest BCUT2D eigenvalue weighted by atomic mass is 32.2. The second-order valence-corrected chi connectivity index (χ2v) is 7.33.